The first-order valence-electron chi connectivity index (χ1n) is 8.04. The number of amides is 2. The van der Waals surface area contributed by atoms with E-state index in [9.17, 15) is 9.59 Å². The molecule has 4 heteroatoms. The van der Waals surface area contributed by atoms with E-state index in [1.54, 1.807) is 7.05 Å². The Morgan fingerprint density at radius 1 is 1.36 bits per heavy atom. The number of hydrogen-bond acceptors (Lipinski definition) is 2. The second-order valence-electron chi connectivity index (χ2n) is 6.39. The number of fused-ring (bicyclic) bond motifs is 1. The molecule has 2 N–H and O–H groups in total. The molecule has 0 aliphatic heterocycles. The van der Waals surface area contributed by atoms with Crippen molar-refractivity contribution >= 4 is 11.8 Å². The van der Waals surface area contributed by atoms with Crippen LogP contribution in [0, 0.1) is 5.92 Å². The summed E-state index contributed by atoms with van der Waals surface area (Å²) in [6, 6.07) is 7.91. The van der Waals surface area contributed by atoms with Crippen molar-refractivity contribution in [2.75, 3.05) is 7.05 Å². The number of carbonyl (C=O) groups excluding carboxylic acids is 2. The molecule has 1 aromatic rings. The van der Waals surface area contributed by atoms with Crippen LogP contribution in [0.5, 0.6) is 0 Å². The molecule has 0 aromatic heterocycles. The van der Waals surface area contributed by atoms with Crippen molar-refractivity contribution in [1.82, 2.24) is 4.90 Å². The van der Waals surface area contributed by atoms with E-state index in [-0.39, 0.29) is 11.8 Å². The summed E-state index contributed by atoms with van der Waals surface area (Å²) in [6.45, 7) is 3.68. The fourth-order valence-electron chi connectivity index (χ4n) is 3.53. The first kappa shape index (κ1) is 16.5. The molecule has 4 nitrogen and oxygen atoms in total. The van der Waals surface area contributed by atoms with Gasteiger partial charge in [-0.15, -0.1) is 0 Å². The molecule has 0 bridgehead atoms. The average Bonchev–Trinajstić information content (AvgIpc) is 2.50. The fraction of sp³-hybridized carbons (Fsp3) is 0.556. The quantitative estimate of drug-likeness (QED) is 0.908. The normalized spacial score (nSPS) is 21.8. The second kappa shape index (κ2) is 6.95. The molecule has 3 atom stereocenters. The van der Waals surface area contributed by atoms with Crippen molar-refractivity contribution in [2.24, 2.45) is 11.7 Å². The zero-order valence-corrected chi connectivity index (χ0v) is 13.7. The van der Waals surface area contributed by atoms with Crippen molar-refractivity contribution in [2.45, 2.75) is 51.5 Å². The van der Waals surface area contributed by atoms with Crippen LogP contribution in [-0.2, 0) is 16.0 Å². The Hall–Kier alpha value is -1.84. The molecule has 0 fully saturated rings. The van der Waals surface area contributed by atoms with Crippen molar-refractivity contribution in [1.29, 1.82) is 0 Å². The molecule has 1 aliphatic rings. The minimum atomic E-state index is -0.536. The third-order valence-corrected chi connectivity index (χ3v) is 5.00. The molecule has 0 spiro atoms. The highest BCUT2D eigenvalue weighted by Gasteiger charge is 2.32. The largest absolute Gasteiger partial charge is 0.368 e. The monoisotopic (exact) mass is 302 g/mol. The van der Waals surface area contributed by atoms with Gasteiger partial charge >= 0.3 is 0 Å². The number of primary amides is 1. The first-order chi connectivity index (χ1) is 10.4. The van der Waals surface area contributed by atoms with E-state index < -0.39 is 11.9 Å². The number of likely N-dealkylation sites (N-methyl/N-ethyl adjacent to an activating group) is 1. The van der Waals surface area contributed by atoms with Crippen molar-refractivity contribution in [3.8, 4) is 0 Å². The molecule has 22 heavy (non-hydrogen) atoms. The lowest BCUT2D eigenvalue weighted by Gasteiger charge is -2.35. The summed E-state index contributed by atoms with van der Waals surface area (Å²) in [5, 5.41) is 0. The Morgan fingerprint density at radius 2 is 2.05 bits per heavy atom. The first-order valence-corrected chi connectivity index (χ1v) is 8.04. The summed E-state index contributed by atoms with van der Waals surface area (Å²) in [5.41, 5.74) is 8.24. The van der Waals surface area contributed by atoms with Crippen LogP contribution in [-0.4, -0.2) is 29.8 Å². The van der Waals surface area contributed by atoms with Crippen molar-refractivity contribution < 1.29 is 9.59 Å². The SMILES string of the molecule is CCC1Cc2ccccc2C(C[C@H](C(N)=O)N(C)C(C)=O)C1. The minimum absolute atomic E-state index is 0.125. The summed E-state index contributed by atoms with van der Waals surface area (Å²) in [5.74, 6) is 0.374. The van der Waals surface area contributed by atoms with Gasteiger partial charge in [-0.1, -0.05) is 37.6 Å². The van der Waals surface area contributed by atoms with E-state index in [4.69, 9.17) is 5.73 Å². The summed E-state index contributed by atoms with van der Waals surface area (Å²) >= 11 is 0. The van der Waals surface area contributed by atoms with Gasteiger partial charge in [0, 0.05) is 14.0 Å². The van der Waals surface area contributed by atoms with Crippen LogP contribution in [0.4, 0.5) is 0 Å². The number of nitrogens with two attached hydrogens (primary N) is 1. The molecule has 1 aliphatic carbocycles. The molecule has 0 radical (unpaired) electrons. The molecule has 1 aromatic carbocycles. The molecule has 0 heterocycles. The van der Waals surface area contributed by atoms with Gasteiger partial charge in [0.15, 0.2) is 0 Å². The predicted octanol–water partition coefficient (Wildman–Crippen LogP) is 2.46. The van der Waals surface area contributed by atoms with E-state index in [0.717, 1.165) is 19.3 Å². The van der Waals surface area contributed by atoms with Crippen LogP contribution < -0.4 is 5.73 Å². The van der Waals surface area contributed by atoms with Gasteiger partial charge in [0.05, 0.1) is 0 Å². The van der Waals surface area contributed by atoms with Crippen LogP contribution in [0.1, 0.15) is 50.2 Å². The van der Waals surface area contributed by atoms with Crippen molar-refractivity contribution in [3.05, 3.63) is 35.4 Å². The zero-order chi connectivity index (χ0) is 16.3. The highest BCUT2D eigenvalue weighted by molar-refractivity contribution is 5.85. The third-order valence-electron chi connectivity index (χ3n) is 5.00. The van der Waals surface area contributed by atoms with Gasteiger partial charge in [0.25, 0.3) is 0 Å². The lowest BCUT2D eigenvalue weighted by Crippen LogP contribution is -2.46. The number of nitrogens with zero attached hydrogens (tertiary/aromatic N) is 1. The van der Waals surface area contributed by atoms with Crippen LogP contribution in [0.15, 0.2) is 24.3 Å². The van der Waals surface area contributed by atoms with Gasteiger partial charge in [-0.05, 0) is 42.2 Å². The molecule has 2 rings (SSSR count). The second-order valence-corrected chi connectivity index (χ2v) is 6.39. The Bertz CT molecular complexity index is 556. The fourth-order valence-corrected chi connectivity index (χ4v) is 3.53. The lowest BCUT2D eigenvalue weighted by atomic mass is 9.73. The third kappa shape index (κ3) is 3.49. The summed E-state index contributed by atoms with van der Waals surface area (Å²) < 4.78 is 0. The lowest BCUT2D eigenvalue weighted by molar-refractivity contribution is -0.136. The van der Waals surface area contributed by atoms with Crippen LogP contribution >= 0.6 is 0 Å². The Balaban J connectivity index is 2.26. The molecule has 2 unspecified atom stereocenters. The highest BCUT2D eigenvalue weighted by atomic mass is 16.2. The minimum Gasteiger partial charge on any atom is -0.368 e. The van der Waals surface area contributed by atoms with Crippen LogP contribution in [0.2, 0.25) is 0 Å². The smallest absolute Gasteiger partial charge is 0.240 e. The van der Waals surface area contributed by atoms with Gasteiger partial charge < -0.3 is 10.6 Å². The number of benzene rings is 1. The number of hydrogen-bond donors (Lipinski definition) is 1. The zero-order valence-electron chi connectivity index (χ0n) is 13.7. The van der Waals surface area contributed by atoms with Crippen molar-refractivity contribution in [3.63, 3.8) is 0 Å². The topological polar surface area (TPSA) is 63.4 Å². The Morgan fingerprint density at radius 3 is 2.64 bits per heavy atom. The number of carbonyl (C=O) groups is 2. The summed E-state index contributed by atoms with van der Waals surface area (Å²) in [6.07, 6.45) is 3.91. The van der Waals surface area contributed by atoms with Gasteiger partial charge in [0.2, 0.25) is 11.8 Å². The van der Waals surface area contributed by atoms with Gasteiger partial charge in [-0.2, -0.15) is 0 Å². The number of rotatable bonds is 5. The summed E-state index contributed by atoms with van der Waals surface area (Å²) in [7, 11) is 1.66. The van der Waals surface area contributed by atoms with Gasteiger partial charge in [-0.3, -0.25) is 9.59 Å². The van der Waals surface area contributed by atoms with E-state index in [0.29, 0.717) is 12.3 Å². The van der Waals surface area contributed by atoms with E-state index in [1.807, 2.05) is 6.07 Å². The maximum Gasteiger partial charge on any atom is 0.240 e. The molecular weight excluding hydrogens is 276 g/mol. The maximum atomic E-state index is 11.8. The Kier molecular flexibility index (Phi) is 5.22. The van der Waals surface area contributed by atoms with Crippen LogP contribution in [0.3, 0.4) is 0 Å². The Labute approximate surface area is 132 Å². The standard InChI is InChI=1S/C18H26N2O2/c1-4-13-9-14-7-5-6-8-16(14)15(10-13)11-17(18(19)22)20(3)12(2)21/h5-8,13,15,17H,4,9-11H2,1-3H3,(H2,19,22)/t13?,15?,17-/m1/s1. The van der Waals surface area contributed by atoms with Gasteiger partial charge in [0.1, 0.15) is 6.04 Å². The molecule has 0 saturated heterocycles. The van der Waals surface area contributed by atoms with E-state index in [2.05, 4.69) is 25.1 Å². The molecule has 0 saturated carbocycles. The van der Waals surface area contributed by atoms with E-state index in [1.165, 1.54) is 23.0 Å². The van der Waals surface area contributed by atoms with Gasteiger partial charge in [-0.25, -0.2) is 0 Å². The predicted molar refractivity (Wildman–Crippen MR) is 87.3 cm³/mol. The summed E-state index contributed by atoms with van der Waals surface area (Å²) in [4.78, 5) is 24.9. The molecule has 2 amide bonds. The molecule has 120 valence electrons. The molecular formula is C18H26N2O2. The van der Waals surface area contributed by atoms with Crippen LogP contribution in [0.25, 0.3) is 0 Å². The van der Waals surface area contributed by atoms with E-state index >= 15 is 0 Å². The highest BCUT2D eigenvalue weighted by Crippen LogP contribution is 2.39. The average molecular weight is 302 g/mol. The maximum absolute atomic E-state index is 11.8.